The molecule has 4 heteroatoms. The summed E-state index contributed by atoms with van der Waals surface area (Å²) in [6.45, 7) is 4.38. The van der Waals surface area contributed by atoms with Crippen LogP contribution in [-0.2, 0) is 0 Å². The van der Waals surface area contributed by atoms with Gasteiger partial charge < -0.3 is 4.98 Å². The molecular formula is C15H18N2OS. The lowest BCUT2D eigenvalue weighted by Crippen LogP contribution is -2.08. The van der Waals surface area contributed by atoms with Crippen LogP contribution >= 0.6 is 11.8 Å². The van der Waals surface area contributed by atoms with E-state index in [9.17, 15) is 4.79 Å². The van der Waals surface area contributed by atoms with Gasteiger partial charge in [-0.05, 0) is 12.3 Å². The van der Waals surface area contributed by atoms with Crippen LogP contribution in [0.1, 0.15) is 20.3 Å². The summed E-state index contributed by atoms with van der Waals surface area (Å²) >= 11 is 1.61. The molecule has 1 aromatic heterocycles. The first-order valence-corrected chi connectivity index (χ1v) is 7.43. The van der Waals surface area contributed by atoms with Crippen molar-refractivity contribution in [3.63, 3.8) is 0 Å². The zero-order valence-corrected chi connectivity index (χ0v) is 12.0. The number of hydrogen-bond acceptors (Lipinski definition) is 3. The Balaban J connectivity index is 2.18. The van der Waals surface area contributed by atoms with Crippen molar-refractivity contribution in [1.82, 2.24) is 9.97 Å². The third-order valence-corrected chi connectivity index (χ3v) is 3.63. The van der Waals surface area contributed by atoms with Gasteiger partial charge in [0, 0.05) is 17.4 Å². The number of aromatic amines is 1. The molecule has 0 aliphatic rings. The minimum absolute atomic E-state index is 0.0964. The highest BCUT2D eigenvalue weighted by Crippen LogP contribution is 2.19. The van der Waals surface area contributed by atoms with Crippen LogP contribution in [0.25, 0.3) is 11.3 Å². The Hall–Kier alpha value is -1.55. The summed E-state index contributed by atoms with van der Waals surface area (Å²) < 4.78 is 0. The van der Waals surface area contributed by atoms with E-state index in [-0.39, 0.29) is 5.56 Å². The third kappa shape index (κ3) is 4.24. The van der Waals surface area contributed by atoms with E-state index >= 15 is 0 Å². The summed E-state index contributed by atoms with van der Waals surface area (Å²) in [6, 6.07) is 11.3. The first kappa shape index (κ1) is 13.9. The normalized spacial score (nSPS) is 10.9. The Labute approximate surface area is 117 Å². The number of hydrogen-bond donors (Lipinski definition) is 1. The van der Waals surface area contributed by atoms with Gasteiger partial charge in [-0.1, -0.05) is 55.9 Å². The zero-order chi connectivity index (χ0) is 13.7. The molecule has 3 nitrogen and oxygen atoms in total. The van der Waals surface area contributed by atoms with E-state index in [1.165, 1.54) is 0 Å². The molecule has 0 aliphatic heterocycles. The topological polar surface area (TPSA) is 45.8 Å². The number of nitrogens with one attached hydrogen (secondary N) is 1. The predicted octanol–water partition coefficient (Wildman–Crippen LogP) is 3.58. The largest absolute Gasteiger partial charge is 0.301 e. The summed E-state index contributed by atoms with van der Waals surface area (Å²) in [4.78, 5) is 19.0. The van der Waals surface area contributed by atoms with Crippen molar-refractivity contribution in [2.24, 2.45) is 5.92 Å². The molecule has 1 N–H and O–H groups in total. The Kier molecular flexibility index (Phi) is 4.80. The van der Waals surface area contributed by atoms with Crippen molar-refractivity contribution in [2.75, 3.05) is 5.75 Å². The van der Waals surface area contributed by atoms with Gasteiger partial charge in [0.15, 0.2) is 5.16 Å². The second-order valence-corrected chi connectivity index (χ2v) is 5.92. The molecule has 0 amide bonds. The first-order chi connectivity index (χ1) is 9.15. The minimum Gasteiger partial charge on any atom is -0.301 e. The summed E-state index contributed by atoms with van der Waals surface area (Å²) in [5.41, 5.74) is 1.61. The average Bonchev–Trinajstić information content (AvgIpc) is 2.39. The second kappa shape index (κ2) is 6.57. The molecule has 0 saturated carbocycles. The molecule has 0 aliphatic carbocycles. The molecule has 2 rings (SSSR count). The maximum atomic E-state index is 11.7. The highest BCUT2D eigenvalue weighted by atomic mass is 32.2. The van der Waals surface area contributed by atoms with Crippen LogP contribution in [0.2, 0.25) is 0 Å². The van der Waals surface area contributed by atoms with Gasteiger partial charge in [-0.2, -0.15) is 0 Å². The summed E-state index contributed by atoms with van der Waals surface area (Å²) in [5, 5.41) is 0.701. The van der Waals surface area contributed by atoms with E-state index in [0.29, 0.717) is 11.1 Å². The molecule has 0 fully saturated rings. The van der Waals surface area contributed by atoms with Gasteiger partial charge in [-0.3, -0.25) is 4.79 Å². The van der Waals surface area contributed by atoms with Gasteiger partial charge in [0.05, 0.1) is 5.69 Å². The van der Waals surface area contributed by atoms with Crippen molar-refractivity contribution in [1.29, 1.82) is 0 Å². The minimum atomic E-state index is -0.0964. The fourth-order valence-electron chi connectivity index (χ4n) is 1.65. The van der Waals surface area contributed by atoms with Gasteiger partial charge in [0.1, 0.15) is 0 Å². The first-order valence-electron chi connectivity index (χ1n) is 6.45. The van der Waals surface area contributed by atoms with Crippen LogP contribution < -0.4 is 5.56 Å². The van der Waals surface area contributed by atoms with Gasteiger partial charge in [-0.15, -0.1) is 0 Å². The van der Waals surface area contributed by atoms with Crippen LogP contribution in [0.15, 0.2) is 46.3 Å². The number of H-pyrrole nitrogens is 1. The number of benzene rings is 1. The molecule has 2 aromatic rings. The van der Waals surface area contributed by atoms with E-state index in [1.807, 2.05) is 30.3 Å². The maximum absolute atomic E-state index is 11.7. The van der Waals surface area contributed by atoms with E-state index < -0.39 is 0 Å². The quantitative estimate of drug-likeness (QED) is 0.669. The molecule has 0 unspecified atom stereocenters. The van der Waals surface area contributed by atoms with Crippen LogP contribution in [0.5, 0.6) is 0 Å². The zero-order valence-electron chi connectivity index (χ0n) is 11.2. The molecular weight excluding hydrogens is 256 g/mol. The van der Waals surface area contributed by atoms with Crippen molar-refractivity contribution < 1.29 is 0 Å². The van der Waals surface area contributed by atoms with Crippen LogP contribution in [-0.4, -0.2) is 15.7 Å². The number of aromatic nitrogens is 2. The number of nitrogens with zero attached hydrogens (tertiary/aromatic N) is 1. The third-order valence-electron chi connectivity index (χ3n) is 2.72. The summed E-state index contributed by atoms with van der Waals surface area (Å²) in [6.07, 6.45) is 1.12. The Morgan fingerprint density at radius 2 is 2.00 bits per heavy atom. The van der Waals surface area contributed by atoms with Crippen molar-refractivity contribution >= 4 is 11.8 Å². The van der Waals surface area contributed by atoms with Crippen molar-refractivity contribution in [3.05, 3.63) is 46.8 Å². The number of rotatable bonds is 5. The van der Waals surface area contributed by atoms with Crippen LogP contribution in [0.4, 0.5) is 0 Å². The highest BCUT2D eigenvalue weighted by Gasteiger charge is 2.04. The number of thioether (sulfide) groups is 1. The Morgan fingerprint density at radius 3 is 2.68 bits per heavy atom. The Bertz CT molecular complexity index is 578. The average molecular weight is 274 g/mol. The monoisotopic (exact) mass is 274 g/mol. The molecule has 0 bridgehead atoms. The van der Waals surface area contributed by atoms with Crippen LogP contribution in [0, 0.1) is 5.92 Å². The highest BCUT2D eigenvalue weighted by molar-refractivity contribution is 7.99. The second-order valence-electron chi connectivity index (χ2n) is 4.83. The van der Waals surface area contributed by atoms with E-state index in [0.717, 1.165) is 23.4 Å². The lowest BCUT2D eigenvalue weighted by Gasteiger charge is -2.05. The van der Waals surface area contributed by atoms with Crippen molar-refractivity contribution in [3.8, 4) is 11.3 Å². The standard InChI is InChI=1S/C15H18N2OS/c1-11(2)8-9-19-15-16-13(10-14(18)17-15)12-6-4-3-5-7-12/h3-7,10-11H,8-9H2,1-2H3,(H,16,17,18). The lowest BCUT2D eigenvalue weighted by molar-refractivity contribution is 0.631. The van der Waals surface area contributed by atoms with E-state index in [1.54, 1.807) is 17.8 Å². The summed E-state index contributed by atoms with van der Waals surface area (Å²) in [5.74, 6) is 1.63. The fraction of sp³-hybridized carbons (Fsp3) is 0.333. The van der Waals surface area contributed by atoms with Gasteiger partial charge >= 0.3 is 0 Å². The molecule has 1 aromatic carbocycles. The van der Waals surface area contributed by atoms with E-state index in [2.05, 4.69) is 23.8 Å². The molecule has 100 valence electrons. The predicted molar refractivity (Wildman–Crippen MR) is 80.5 cm³/mol. The van der Waals surface area contributed by atoms with Gasteiger partial charge in [0.25, 0.3) is 5.56 Å². The Morgan fingerprint density at radius 1 is 1.26 bits per heavy atom. The smallest absolute Gasteiger partial charge is 0.252 e. The van der Waals surface area contributed by atoms with Gasteiger partial charge in [-0.25, -0.2) is 4.98 Å². The molecule has 0 spiro atoms. The molecule has 0 atom stereocenters. The van der Waals surface area contributed by atoms with E-state index in [4.69, 9.17) is 0 Å². The lowest BCUT2D eigenvalue weighted by atomic mass is 10.1. The molecule has 19 heavy (non-hydrogen) atoms. The molecule has 1 heterocycles. The summed E-state index contributed by atoms with van der Waals surface area (Å²) in [7, 11) is 0. The maximum Gasteiger partial charge on any atom is 0.252 e. The van der Waals surface area contributed by atoms with Crippen LogP contribution in [0.3, 0.4) is 0 Å². The molecule has 0 saturated heterocycles. The fourth-order valence-corrected chi connectivity index (χ4v) is 2.77. The van der Waals surface area contributed by atoms with Gasteiger partial charge in [0.2, 0.25) is 0 Å². The SMILES string of the molecule is CC(C)CCSc1nc(-c2ccccc2)cc(=O)[nH]1. The van der Waals surface area contributed by atoms with Crippen molar-refractivity contribution in [2.45, 2.75) is 25.4 Å². The molecule has 0 radical (unpaired) electrons.